The van der Waals surface area contributed by atoms with Crippen molar-refractivity contribution in [2.45, 2.75) is 32.2 Å². The van der Waals surface area contributed by atoms with Crippen molar-refractivity contribution in [3.63, 3.8) is 0 Å². The van der Waals surface area contributed by atoms with Crippen molar-refractivity contribution in [1.29, 1.82) is 0 Å². The fraction of sp³-hybridized carbons (Fsp3) is 0.294. The first-order valence-electron chi connectivity index (χ1n) is 7.51. The van der Waals surface area contributed by atoms with Gasteiger partial charge in [-0.1, -0.05) is 18.2 Å². The molecule has 2 N–H and O–H groups in total. The van der Waals surface area contributed by atoms with Gasteiger partial charge >= 0.3 is 0 Å². The number of benzene rings is 1. The molecule has 0 fully saturated rings. The molecule has 0 atom stereocenters. The number of fused-ring (bicyclic) bond motifs is 2. The number of nitrogens with two attached hydrogens (primary N) is 1. The van der Waals surface area contributed by atoms with E-state index >= 15 is 0 Å². The Morgan fingerprint density at radius 3 is 2.90 bits per heavy atom. The van der Waals surface area contributed by atoms with E-state index in [0.29, 0.717) is 6.54 Å². The van der Waals surface area contributed by atoms with E-state index < -0.39 is 0 Å². The zero-order chi connectivity index (χ0) is 14.2. The quantitative estimate of drug-likeness (QED) is 0.784. The smallest absolute Gasteiger partial charge is 0.158 e. The van der Waals surface area contributed by atoms with Crippen molar-refractivity contribution < 1.29 is 0 Å². The maximum absolute atomic E-state index is 5.95. The number of para-hydroxylation sites is 1. The average molecular weight is 278 g/mol. The van der Waals surface area contributed by atoms with Gasteiger partial charge in [-0.3, -0.25) is 0 Å². The van der Waals surface area contributed by atoms with Crippen LogP contribution in [0.1, 0.15) is 29.7 Å². The van der Waals surface area contributed by atoms with E-state index in [1.807, 2.05) is 23.0 Å². The topological polar surface area (TPSA) is 56.7 Å². The van der Waals surface area contributed by atoms with Gasteiger partial charge in [0.15, 0.2) is 5.82 Å². The van der Waals surface area contributed by atoms with Crippen LogP contribution in [0.5, 0.6) is 0 Å². The summed E-state index contributed by atoms with van der Waals surface area (Å²) in [6.45, 7) is 0.490. The summed E-state index contributed by atoms with van der Waals surface area (Å²) >= 11 is 0. The fourth-order valence-corrected chi connectivity index (χ4v) is 3.14. The number of nitrogens with zero attached hydrogens (tertiary/aromatic N) is 3. The van der Waals surface area contributed by atoms with Crippen LogP contribution in [-0.4, -0.2) is 14.8 Å². The third-order valence-corrected chi connectivity index (χ3v) is 4.25. The molecule has 21 heavy (non-hydrogen) atoms. The predicted molar refractivity (Wildman–Crippen MR) is 83.4 cm³/mol. The van der Waals surface area contributed by atoms with Crippen molar-refractivity contribution >= 4 is 10.9 Å². The largest absolute Gasteiger partial charge is 0.326 e. The van der Waals surface area contributed by atoms with Crippen molar-refractivity contribution in [3.8, 4) is 5.82 Å². The first-order chi connectivity index (χ1) is 10.4. The molecule has 1 aromatic carbocycles. The SMILES string of the molecule is NCc1cc2c(nc1-n1ncc3ccccc31)CCCC2. The van der Waals surface area contributed by atoms with Crippen LogP contribution in [0.2, 0.25) is 0 Å². The second kappa shape index (κ2) is 4.97. The van der Waals surface area contributed by atoms with Gasteiger partial charge in [0.25, 0.3) is 0 Å². The third-order valence-electron chi connectivity index (χ3n) is 4.25. The highest BCUT2D eigenvalue weighted by molar-refractivity contribution is 5.80. The zero-order valence-electron chi connectivity index (χ0n) is 11.9. The molecule has 4 rings (SSSR count). The van der Waals surface area contributed by atoms with Gasteiger partial charge in [0, 0.05) is 23.2 Å². The Morgan fingerprint density at radius 2 is 2.00 bits per heavy atom. The van der Waals surface area contributed by atoms with Crippen LogP contribution >= 0.6 is 0 Å². The summed E-state index contributed by atoms with van der Waals surface area (Å²) in [6.07, 6.45) is 6.54. The molecule has 0 aliphatic heterocycles. The third kappa shape index (κ3) is 2.03. The number of aryl methyl sites for hydroxylation is 2. The van der Waals surface area contributed by atoms with Crippen molar-refractivity contribution in [2.24, 2.45) is 5.73 Å². The lowest BCUT2D eigenvalue weighted by Crippen LogP contribution is -2.14. The van der Waals surface area contributed by atoms with Crippen LogP contribution in [0.15, 0.2) is 36.5 Å². The molecule has 1 aliphatic carbocycles. The highest BCUT2D eigenvalue weighted by Crippen LogP contribution is 2.25. The van der Waals surface area contributed by atoms with Crippen molar-refractivity contribution in [2.75, 3.05) is 0 Å². The lowest BCUT2D eigenvalue weighted by Gasteiger charge is -2.18. The van der Waals surface area contributed by atoms with Gasteiger partial charge in [-0.15, -0.1) is 0 Å². The number of hydrogen-bond donors (Lipinski definition) is 1. The lowest BCUT2D eigenvalue weighted by atomic mass is 9.95. The normalized spacial score (nSPS) is 14.3. The molecule has 0 spiro atoms. The molecule has 2 heterocycles. The Hall–Kier alpha value is -2.20. The second-order valence-electron chi connectivity index (χ2n) is 5.60. The van der Waals surface area contributed by atoms with Crippen LogP contribution in [0.25, 0.3) is 16.7 Å². The second-order valence-corrected chi connectivity index (χ2v) is 5.60. The van der Waals surface area contributed by atoms with Gasteiger partial charge in [0.1, 0.15) is 0 Å². The maximum Gasteiger partial charge on any atom is 0.158 e. The molecule has 106 valence electrons. The van der Waals surface area contributed by atoms with Crippen LogP contribution in [0, 0.1) is 0 Å². The van der Waals surface area contributed by atoms with Crippen LogP contribution in [0.4, 0.5) is 0 Å². The number of rotatable bonds is 2. The minimum Gasteiger partial charge on any atom is -0.326 e. The summed E-state index contributed by atoms with van der Waals surface area (Å²) in [7, 11) is 0. The summed E-state index contributed by atoms with van der Waals surface area (Å²) in [4.78, 5) is 4.90. The van der Waals surface area contributed by atoms with Gasteiger partial charge in [-0.2, -0.15) is 5.10 Å². The summed E-state index contributed by atoms with van der Waals surface area (Å²) in [5.41, 5.74) is 10.7. The predicted octanol–water partition coefficient (Wildman–Crippen LogP) is 2.76. The van der Waals surface area contributed by atoms with Gasteiger partial charge in [-0.05, 0) is 43.4 Å². The molecule has 0 amide bonds. The summed E-state index contributed by atoms with van der Waals surface area (Å²) < 4.78 is 1.92. The van der Waals surface area contributed by atoms with E-state index in [9.17, 15) is 0 Å². The molecule has 0 saturated heterocycles. The van der Waals surface area contributed by atoms with Crippen LogP contribution < -0.4 is 5.73 Å². The minimum absolute atomic E-state index is 0.490. The molecule has 0 bridgehead atoms. The molecular weight excluding hydrogens is 260 g/mol. The Balaban J connectivity index is 1.94. The zero-order valence-corrected chi connectivity index (χ0v) is 11.9. The van der Waals surface area contributed by atoms with Gasteiger partial charge < -0.3 is 5.73 Å². The van der Waals surface area contributed by atoms with Gasteiger partial charge in [-0.25, -0.2) is 9.67 Å². The van der Waals surface area contributed by atoms with Gasteiger partial charge in [0.2, 0.25) is 0 Å². The van der Waals surface area contributed by atoms with E-state index in [0.717, 1.165) is 35.1 Å². The number of hydrogen-bond acceptors (Lipinski definition) is 3. The molecule has 0 unspecified atom stereocenters. The van der Waals surface area contributed by atoms with E-state index in [2.05, 4.69) is 23.3 Å². The Kier molecular flexibility index (Phi) is 2.97. The number of pyridine rings is 1. The van der Waals surface area contributed by atoms with E-state index in [1.54, 1.807) is 0 Å². The Bertz CT molecular complexity index is 804. The summed E-state index contributed by atoms with van der Waals surface area (Å²) in [5, 5.41) is 5.65. The minimum atomic E-state index is 0.490. The maximum atomic E-state index is 5.95. The fourth-order valence-electron chi connectivity index (χ4n) is 3.14. The molecule has 0 radical (unpaired) electrons. The first kappa shape index (κ1) is 12.5. The molecule has 0 saturated carbocycles. The van der Waals surface area contributed by atoms with Crippen molar-refractivity contribution in [3.05, 3.63) is 53.3 Å². The molecule has 1 aliphatic rings. The number of aromatic nitrogens is 3. The van der Waals surface area contributed by atoms with Crippen LogP contribution in [0.3, 0.4) is 0 Å². The Morgan fingerprint density at radius 1 is 1.14 bits per heavy atom. The van der Waals surface area contributed by atoms with E-state index in [-0.39, 0.29) is 0 Å². The highest BCUT2D eigenvalue weighted by Gasteiger charge is 2.17. The highest BCUT2D eigenvalue weighted by atomic mass is 15.3. The standard InChI is InChI=1S/C17H18N4/c18-10-14-9-12-5-1-3-7-15(12)20-17(14)21-16-8-4-2-6-13(16)11-19-21/h2,4,6,8-9,11H,1,3,5,7,10,18H2. The van der Waals surface area contributed by atoms with Crippen molar-refractivity contribution in [1.82, 2.24) is 14.8 Å². The molecule has 3 aromatic rings. The Labute approximate surface area is 123 Å². The molecule has 4 heteroatoms. The summed E-state index contributed by atoms with van der Waals surface area (Å²) in [5.74, 6) is 0.888. The monoisotopic (exact) mass is 278 g/mol. The summed E-state index contributed by atoms with van der Waals surface area (Å²) in [6, 6.07) is 10.4. The lowest BCUT2D eigenvalue weighted by molar-refractivity contribution is 0.659. The van der Waals surface area contributed by atoms with E-state index in [1.165, 1.54) is 24.1 Å². The van der Waals surface area contributed by atoms with Gasteiger partial charge in [0.05, 0.1) is 11.7 Å². The molecule has 4 nitrogen and oxygen atoms in total. The average Bonchev–Trinajstić information content (AvgIpc) is 2.97. The van der Waals surface area contributed by atoms with Crippen LogP contribution in [-0.2, 0) is 19.4 Å². The molecule has 2 aromatic heterocycles. The molecular formula is C17H18N4. The van der Waals surface area contributed by atoms with E-state index in [4.69, 9.17) is 10.7 Å². The first-order valence-corrected chi connectivity index (χ1v) is 7.51.